The van der Waals surface area contributed by atoms with Crippen molar-refractivity contribution in [3.8, 4) is 0 Å². The maximum Gasteiger partial charge on any atom is 0.242 e. The third-order valence-corrected chi connectivity index (χ3v) is 3.28. The first-order chi connectivity index (χ1) is 9.93. The van der Waals surface area contributed by atoms with Crippen LogP contribution in [-0.4, -0.2) is 24.9 Å². The lowest BCUT2D eigenvalue weighted by Gasteiger charge is -2.18. The molecule has 0 fully saturated rings. The van der Waals surface area contributed by atoms with Crippen LogP contribution in [-0.2, 0) is 16.0 Å². The molecule has 1 rings (SSSR count). The van der Waals surface area contributed by atoms with Gasteiger partial charge in [0.25, 0.3) is 0 Å². The Morgan fingerprint density at radius 3 is 2.29 bits per heavy atom. The quantitative estimate of drug-likeness (QED) is 0.808. The lowest BCUT2D eigenvalue weighted by Crippen LogP contribution is -2.47. The Kier molecular flexibility index (Phi) is 6.85. The van der Waals surface area contributed by atoms with Crippen molar-refractivity contribution in [3.63, 3.8) is 0 Å². The van der Waals surface area contributed by atoms with Crippen LogP contribution >= 0.6 is 0 Å². The minimum atomic E-state index is -0.523. The van der Waals surface area contributed by atoms with Crippen LogP contribution in [0.4, 0.5) is 4.39 Å². The average Bonchev–Trinajstić information content (AvgIpc) is 2.47. The number of nitrogens with one attached hydrogen (secondary N) is 2. The Labute approximate surface area is 125 Å². The number of rotatable bonds is 7. The molecule has 0 aliphatic carbocycles. The van der Waals surface area contributed by atoms with E-state index in [0.29, 0.717) is 6.42 Å². The molecule has 0 aliphatic heterocycles. The van der Waals surface area contributed by atoms with Crippen LogP contribution in [0.25, 0.3) is 0 Å². The van der Waals surface area contributed by atoms with Gasteiger partial charge in [-0.3, -0.25) is 9.59 Å². The van der Waals surface area contributed by atoms with Gasteiger partial charge in [0.2, 0.25) is 11.8 Å². The minimum absolute atomic E-state index is 0.134. The van der Waals surface area contributed by atoms with Crippen molar-refractivity contribution in [2.75, 3.05) is 7.05 Å². The van der Waals surface area contributed by atoms with Gasteiger partial charge in [0.15, 0.2) is 0 Å². The molecule has 1 aromatic carbocycles. The Morgan fingerprint density at radius 2 is 1.76 bits per heavy atom. The second kappa shape index (κ2) is 8.39. The highest BCUT2D eigenvalue weighted by molar-refractivity contribution is 5.88. The van der Waals surface area contributed by atoms with E-state index < -0.39 is 6.04 Å². The van der Waals surface area contributed by atoms with Crippen LogP contribution in [0, 0.1) is 11.7 Å². The van der Waals surface area contributed by atoms with E-state index >= 15 is 0 Å². The second-order valence-corrected chi connectivity index (χ2v) is 5.35. The van der Waals surface area contributed by atoms with Crippen molar-refractivity contribution < 1.29 is 14.0 Å². The molecule has 2 N–H and O–H groups in total. The standard InChI is InChI=1S/C16H23FN2O2/c1-11(2)15(20)19-14(16(21)18-3)6-4-5-12-7-9-13(17)10-8-12/h7-11,14H,4-6H2,1-3H3,(H,18,21)(H,19,20). The van der Waals surface area contributed by atoms with E-state index in [-0.39, 0.29) is 23.5 Å². The van der Waals surface area contributed by atoms with Crippen molar-refractivity contribution in [1.82, 2.24) is 10.6 Å². The molecule has 1 atom stereocenters. The second-order valence-electron chi connectivity index (χ2n) is 5.35. The predicted octanol–water partition coefficient (Wildman–Crippen LogP) is 2.04. The van der Waals surface area contributed by atoms with Gasteiger partial charge in [-0.2, -0.15) is 0 Å². The molecule has 0 aliphatic rings. The summed E-state index contributed by atoms with van der Waals surface area (Å²) in [6.07, 6.45) is 2.03. The Hall–Kier alpha value is -1.91. The molecule has 116 valence electrons. The number of amides is 2. The topological polar surface area (TPSA) is 58.2 Å². The zero-order chi connectivity index (χ0) is 15.8. The number of hydrogen-bond acceptors (Lipinski definition) is 2. The molecule has 2 amide bonds. The Balaban J connectivity index is 2.51. The first kappa shape index (κ1) is 17.1. The number of carbonyl (C=O) groups excluding carboxylic acids is 2. The molecule has 21 heavy (non-hydrogen) atoms. The summed E-state index contributed by atoms with van der Waals surface area (Å²) in [5.74, 6) is -0.742. The van der Waals surface area contributed by atoms with E-state index in [1.54, 1.807) is 33.0 Å². The third-order valence-electron chi connectivity index (χ3n) is 3.28. The number of benzene rings is 1. The highest BCUT2D eigenvalue weighted by Gasteiger charge is 2.20. The van der Waals surface area contributed by atoms with Gasteiger partial charge in [-0.25, -0.2) is 4.39 Å². The fraction of sp³-hybridized carbons (Fsp3) is 0.500. The summed E-state index contributed by atoms with van der Waals surface area (Å²) < 4.78 is 12.8. The molecule has 0 saturated heterocycles. The molecular weight excluding hydrogens is 271 g/mol. The van der Waals surface area contributed by atoms with E-state index in [9.17, 15) is 14.0 Å². The molecule has 0 spiro atoms. The summed E-state index contributed by atoms with van der Waals surface area (Å²) in [6, 6.07) is 5.79. The van der Waals surface area contributed by atoms with Gasteiger partial charge in [-0.15, -0.1) is 0 Å². The van der Waals surface area contributed by atoms with Crippen molar-refractivity contribution in [2.45, 2.75) is 39.2 Å². The molecule has 1 unspecified atom stereocenters. The van der Waals surface area contributed by atoms with E-state index in [4.69, 9.17) is 0 Å². The number of aryl methyl sites for hydroxylation is 1. The average molecular weight is 294 g/mol. The van der Waals surface area contributed by atoms with Gasteiger partial charge in [0.05, 0.1) is 0 Å². The monoisotopic (exact) mass is 294 g/mol. The number of halogens is 1. The van der Waals surface area contributed by atoms with Crippen molar-refractivity contribution in [3.05, 3.63) is 35.6 Å². The number of carbonyl (C=O) groups is 2. The maximum absolute atomic E-state index is 12.8. The SMILES string of the molecule is CNC(=O)C(CCCc1ccc(F)cc1)NC(=O)C(C)C. The van der Waals surface area contributed by atoms with Crippen molar-refractivity contribution >= 4 is 11.8 Å². The largest absolute Gasteiger partial charge is 0.357 e. The summed E-state index contributed by atoms with van der Waals surface area (Å²) >= 11 is 0. The van der Waals surface area contributed by atoms with Crippen molar-refractivity contribution in [2.24, 2.45) is 5.92 Å². The highest BCUT2D eigenvalue weighted by atomic mass is 19.1. The predicted molar refractivity (Wildman–Crippen MR) is 80.2 cm³/mol. The van der Waals surface area contributed by atoms with Gasteiger partial charge in [-0.1, -0.05) is 26.0 Å². The molecule has 0 radical (unpaired) electrons. The Bertz CT molecular complexity index is 472. The number of likely N-dealkylation sites (N-methyl/N-ethyl adjacent to an activating group) is 1. The first-order valence-corrected chi connectivity index (χ1v) is 7.20. The lowest BCUT2D eigenvalue weighted by molar-refractivity contribution is -0.130. The summed E-state index contributed by atoms with van der Waals surface area (Å²) in [4.78, 5) is 23.5. The lowest BCUT2D eigenvalue weighted by atomic mass is 10.0. The van der Waals surface area contributed by atoms with Gasteiger partial charge in [-0.05, 0) is 37.0 Å². The molecule has 0 saturated carbocycles. The first-order valence-electron chi connectivity index (χ1n) is 7.20. The highest BCUT2D eigenvalue weighted by Crippen LogP contribution is 2.09. The summed E-state index contributed by atoms with van der Waals surface area (Å²) in [5.41, 5.74) is 1.02. The zero-order valence-electron chi connectivity index (χ0n) is 12.8. The Morgan fingerprint density at radius 1 is 1.14 bits per heavy atom. The van der Waals surface area contributed by atoms with Crippen LogP contribution in [0.2, 0.25) is 0 Å². The smallest absolute Gasteiger partial charge is 0.242 e. The van der Waals surface area contributed by atoms with Gasteiger partial charge in [0, 0.05) is 13.0 Å². The van der Waals surface area contributed by atoms with Crippen LogP contribution in [0.15, 0.2) is 24.3 Å². The molecule has 0 bridgehead atoms. The number of hydrogen-bond donors (Lipinski definition) is 2. The fourth-order valence-electron chi connectivity index (χ4n) is 1.94. The van der Waals surface area contributed by atoms with E-state index in [2.05, 4.69) is 10.6 Å². The zero-order valence-corrected chi connectivity index (χ0v) is 12.8. The molecular formula is C16H23FN2O2. The van der Waals surface area contributed by atoms with Gasteiger partial charge in [0.1, 0.15) is 11.9 Å². The van der Waals surface area contributed by atoms with E-state index in [1.807, 2.05) is 0 Å². The van der Waals surface area contributed by atoms with Crippen LogP contribution < -0.4 is 10.6 Å². The van der Waals surface area contributed by atoms with Crippen LogP contribution in [0.3, 0.4) is 0 Å². The molecule has 1 aromatic rings. The normalized spacial score (nSPS) is 12.0. The van der Waals surface area contributed by atoms with E-state index in [1.165, 1.54) is 12.1 Å². The maximum atomic E-state index is 12.8. The summed E-state index contributed by atoms with van der Waals surface area (Å²) in [6.45, 7) is 3.57. The fourth-order valence-corrected chi connectivity index (χ4v) is 1.94. The summed E-state index contributed by atoms with van der Waals surface area (Å²) in [7, 11) is 1.55. The van der Waals surface area contributed by atoms with Gasteiger partial charge >= 0.3 is 0 Å². The molecule has 0 heterocycles. The van der Waals surface area contributed by atoms with Crippen molar-refractivity contribution in [1.29, 1.82) is 0 Å². The van der Waals surface area contributed by atoms with E-state index in [0.717, 1.165) is 18.4 Å². The van der Waals surface area contributed by atoms with Crippen LogP contribution in [0.1, 0.15) is 32.3 Å². The molecule has 5 heteroatoms. The molecule has 0 aromatic heterocycles. The third kappa shape index (κ3) is 5.94. The minimum Gasteiger partial charge on any atom is -0.357 e. The van der Waals surface area contributed by atoms with Crippen LogP contribution in [0.5, 0.6) is 0 Å². The summed E-state index contributed by atoms with van der Waals surface area (Å²) in [5, 5.41) is 5.31. The van der Waals surface area contributed by atoms with Gasteiger partial charge < -0.3 is 10.6 Å². The molecule has 4 nitrogen and oxygen atoms in total.